The summed E-state index contributed by atoms with van der Waals surface area (Å²) in [7, 11) is -0.734. The highest BCUT2D eigenvalue weighted by atomic mass is 35.5. The third-order valence-corrected chi connectivity index (χ3v) is 7.01. The Hall–Kier alpha value is -2.33. The fourth-order valence-electron chi connectivity index (χ4n) is 3.92. The summed E-state index contributed by atoms with van der Waals surface area (Å²) in [5.41, 5.74) is 1.46. The molecule has 2 aromatic rings. The number of ether oxygens (including phenoxy) is 2. The Labute approximate surface area is 202 Å². The van der Waals surface area contributed by atoms with E-state index in [-0.39, 0.29) is 41.5 Å². The summed E-state index contributed by atoms with van der Waals surface area (Å²) < 4.78 is 39.4. The van der Waals surface area contributed by atoms with Gasteiger partial charge in [-0.3, -0.25) is 9.69 Å². The molecule has 1 aliphatic rings. The van der Waals surface area contributed by atoms with E-state index in [2.05, 4.69) is 14.9 Å². The van der Waals surface area contributed by atoms with Crippen molar-refractivity contribution < 1.29 is 22.7 Å². The molecule has 0 aromatic heterocycles. The highest BCUT2D eigenvalue weighted by Gasteiger charge is 2.25. The number of rotatable bonds is 9. The first-order chi connectivity index (χ1) is 15.3. The Morgan fingerprint density at radius 3 is 2.27 bits per heavy atom. The van der Waals surface area contributed by atoms with Gasteiger partial charge in [-0.2, -0.15) is 0 Å². The number of carbonyl (C=O) groups excluding carboxylic acids is 1. The molecule has 10 heteroatoms. The molecule has 2 N–H and O–H groups in total. The highest BCUT2D eigenvalue weighted by Crippen LogP contribution is 2.29. The van der Waals surface area contributed by atoms with Crippen LogP contribution >= 0.6 is 12.4 Å². The Balaban J connectivity index is 0.00000385. The quantitative estimate of drug-likeness (QED) is 0.549. The predicted molar refractivity (Wildman–Crippen MR) is 131 cm³/mol. The molecule has 1 heterocycles. The van der Waals surface area contributed by atoms with Crippen molar-refractivity contribution >= 4 is 34.0 Å². The van der Waals surface area contributed by atoms with Crippen LogP contribution in [-0.4, -0.2) is 53.1 Å². The van der Waals surface area contributed by atoms with Crippen LogP contribution in [-0.2, 0) is 14.8 Å². The van der Waals surface area contributed by atoms with Crippen LogP contribution in [0, 0.1) is 0 Å². The van der Waals surface area contributed by atoms with E-state index in [1.165, 1.54) is 38.7 Å². The van der Waals surface area contributed by atoms with E-state index in [4.69, 9.17) is 9.47 Å². The summed E-state index contributed by atoms with van der Waals surface area (Å²) in [6, 6.07) is 12.1. The molecule has 182 valence electrons. The lowest BCUT2D eigenvalue weighted by Crippen LogP contribution is -2.40. The molecule has 3 rings (SSSR count). The van der Waals surface area contributed by atoms with Gasteiger partial charge >= 0.3 is 0 Å². The van der Waals surface area contributed by atoms with Crippen LogP contribution in [0.1, 0.15) is 37.8 Å². The highest BCUT2D eigenvalue weighted by molar-refractivity contribution is 7.89. The molecule has 0 bridgehead atoms. The van der Waals surface area contributed by atoms with Crippen molar-refractivity contribution in [1.29, 1.82) is 0 Å². The molecule has 1 amide bonds. The second-order valence-corrected chi connectivity index (χ2v) is 9.55. The molecule has 8 nitrogen and oxygen atoms in total. The molecule has 0 radical (unpaired) electrons. The number of nitrogens with one attached hydrogen (secondary N) is 2. The van der Waals surface area contributed by atoms with Crippen LogP contribution < -0.4 is 19.5 Å². The van der Waals surface area contributed by atoms with Crippen molar-refractivity contribution in [2.45, 2.75) is 37.1 Å². The molecular weight excluding hydrogens is 466 g/mol. The number of sulfonamides is 1. The van der Waals surface area contributed by atoms with Gasteiger partial charge in [0.1, 0.15) is 11.5 Å². The van der Waals surface area contributed by atoms with E-state index in [0.29, 0.717) is 5.69 Å². The zero-order valence-electron chi connectivity index (χ0n) is 19.2. The van der Waals surface area contributed by atoms with Crippen LogP contribution in [0.25, 0.3) is 0 Å². The summed E-state index contributed by atoms with van der Waals surface area (Å²) in [6.07, 6.45) is 3.39. The summed E-state index contributed by atoms with van der Waals surface area (Å²) in [5, 5.41) is 2.63. The van der Waals surface area contributed by atoms with Gasteiger partial charge in [0, 0.05) is 25.6 Å². The molecule has 1 fully saturated rings. The van der Waals surface area contributed by atoms with Gasteiger partial charge in [0.05, 0.1) is 24.8 Å². The zero-order chi connectivity index (χ0) is 23.1. The summed E-state index contributed by atoms with van der Waals surface area (Å²) in [6.45, 7) is 3.48. The number of likely N-dealkylation sites (tertiary alicyclic amines) is 1. The fraction of sp³-hybridized carbons (Fsp3) is 0.435. The summed E-state index contributed by atoms with van der Waals surface area (Å²) in [4.78, 5) is 13.8. The number of hydrogen-bond acceptors (Lipinski definition) is 6. The lowest BCUT2D eigenvalue weighted by atomic mass is 10.0. The number of hydrogen-bond donors (Lipinski definition) is 2. The SMILES string of the molecule is COc1ccc(C(CNS(=O)(=O)c2ccc(NC(C)=O)c(OC)c2)N2CCCCC2)cc1.Cl. The van der Waals surface area contributed by atoms with Crippen LogP contribution in [0.5, 0.6) is 11.5 Å². The van der Waals surface area contributed by atoms with Crippen LogP contribution in [0.4, 0.5) is 5.69 Å². The maximum Gasteiger partial charge on any atom is 0.240 e. The fourth-order valence-corrected chi connectivity index (χ4v) is 4.97. The van der Waals surface area contributed by atoms with Crippen molar-refractivity contribution in [3.8, 4) is 11.5 Å². The molecule has 1 saturated heterocycles. The number of halogens is 1. The summed E-state index contributed by atoms with van der Waals surface area (Å²) >= 11 is 0. The minimum absolute atomic E-state index is 0. The third kappa shape index (κ3) is 7.07. The van der Waals surface area contributed by atoms with Crippen molar-refractivity contribution in [2.24, 2.45) is 0 Å². The topological polar surface area (TPSA) is 97.0 Å². The number of nitrogens with zero attached hydrogens (tertiary/aromatic N) is 1. The minimum Gasteiger partial charge on any atom is -0.497 e. The Morgan fingerprint density at radius 1 is 1.03 bits per heavy atom. The molecule has 1 aliphatic heterocycles. The van der Waals surface area contributed by atoms with Crippen molar-refractivity contribution in [1.82, 2.24) is 9.62 Å². The monoisotopic (exact) mass is 497 g/mol. The number of benzene rings is 2. The first-order valence-electron chi connectivity index (χ1n) is 10.7. The van der Waals surface area contributed by atoms with Gasteiger partial charge in [0.2, 0.25) is 15.9 Å². The first-order valence-corrected chi connectivity index (χ1v) is 12.2. The van der Waals surface area contributed by atoms with Gasteiger partial charge in [-0.15, -0.1) is 12.4 Å². The average Bonchev–Trinajstić information content (AvgIpc) is 2.80. The third-order valence-electron chi connectivity index (χ3n) is 5.59. The maximum atomic E-state index is 13.1. The Morgan fingerprint density at radius 2 is 1.70 bits per heavy atom. The van der Waals surface area contributed by atoms with Gasteiger partial charge in [-0.1, -0.05) is 18.6 Å². The molecular formula is C23H32ClN3O5S. The molecule has 1 unspecified atom stereocenters. The molecule has 0 aliphatic carbocycles. The maximum absolute atomic E-state index is 13.1. The first kappa shape index (κ1) is 26.9. The van der Waals surface area contributed by atoms with Crippen LogP contribution in [0.15, 0.2) is 47.4 Å². The normalized spacial score (nSPS) is 15.2. The van der Waals surface area contributed by atoms with E-state index in [1.807, 2.05) is 24.3 Å². The molecule has 0 spiro atoms. The minimum atomic E-state index is -3.79. The van der Waals surface area contributed by atoms with Crippen LogP contribution in [0.3, 0.4) is 0 Å². The van der Waals surface area contributed by atoms with Gasteiger partial charge in [-0.25, -0.2) is 13.1 Å². The van der Waals surface area contributed by atoms with E-state index in [9.17, 15) is 13.2 Å². The smallest absolute Gasteiger partial charge is 0.240 e. The Bertz CT molecular complexity index is 1020. The number of carbonyl (C=O) groups is 1. The van der Waals surface area contributed by atoms with Crippen LogP contribution in [0.2, 0.25) is 0 Å². The Kier molecular flexibility index (Phi) is 9.97. The van der Waals surface area contributed by atoms with Crippen molar-refractivity contribution in [3.63, 3.8) is 0 Å². The number of amides is 1. The largest absolute Gasteiger partial charge is 0.497 e. The number of piperidine rings is 1. The lowest BCUT2D eigenvalue weighted by molar-refractivity contribution is -0.114. The number of anilines is 1. The molecule has 1 atom stereocenters. The van der Waals surface area contributed by atoms with E-state index in [1.54, 1.807) is 7.11 Å². The second kappa shape index (κ2) is 12.2. The number of methoxy groups -OCH3 is 2. The molecule has 0 saturated carbocycles. The lowest BCUT2D eigenvalue weighted by Gasteiger charge is -2.35. The molecule has 33 heavy (non-hydrogen) atoms. The van der Waals surface area contributed by atoms with Gasteiger partial charge in [0.15, 0.2) is 0 Å². The van der Waals surface area contributed by atoms with Gasteiger partial charge in [0.25, 0.3) is 0 Å². The standard InChI is InChI=1S/C23H31N3O5S.ClH/c1-17(27)25-21-12-11-20(15-23(21)31-3)32(28,29)24-16-22(26-13-5-4-6-14-26)18-7-9-19(30-2)10-8-18;/h7-12,15,22,24H,4-6,13-14,16H2,1-3H3,(H,25,27);1H. The van der Waals surface area contributed by atoms with E-state index in [0.717, 1.165) is 37.2 Å². The van der Waals surface area contributed by atoms with E-state index < -0.39 is 10.0 Å². The predicted octanol–water partition coefficient (Wildman–Crippen LogP) is 3.59. The van der Waals surface area contributed by atoms with Gasteiger partial charge < -0.3 is 14.8 Å². The summed E-state index contributed by atoms with van der Waals surface area (Å²) in [5.74, 6) is 0.782. The average molecular weight is 498 g/mol. The zero-order valence-corrected chi connectivity index (χ0v) is 20.8. The molecule has 2 aromatic carbocycles. The van der Waals surface area contributed by atoms with Gasteiger partial charge in [-0.05, 0) is 55.8 Å². The van der Waals surface area contributed by atoms with Crippen molar-refractivity contribution in [3.05, 3.63) is 48.0 Å². The van der Waals surface area contributed by atoms with E-state index >= 15 is 0 Å². The van der Waals surface area contributed by atoms with Crippen molar-refractivity contribution in [2.75, 3.05) is 39.2 Å². The second-order valence-electron chi connectivity index (χ2n) is 7.78.